The first kappa shape index (κ1) is 15.2. The SMILES string of the molecule is CCCc1nnsc1C(=O)Nc1c(C)cc(Cl)nc1Cl. The summed E-state index contributed by atoms with van der Waals surface area (Å²) in [6.07, 6.45) is 1.61. The van der Waals surface area contributed by atoms with Crippen molar-refractivity contribution in [2.45, 2.75) is 26.7 Å². The fourth-order valence-corrected chi connectivity index (χ4v) is 2.88. The Kier molecular flexibility index (Phi) is 4.91. The van der Waals surface area contributed by atoms with Crippen molar-refractivity contribution in [3.05, 3.63) is 32.5 Å². The summed E-state index contributed by atoms with van der Waals surface area (Å²) in [6, 6.07) is 1.64. The molecule has 2 heterocycles. The fraction of sp³-hybridized carbons (Fsp3) is 0.333. The number of halogens is 2. The van der Waals surface area contributed by atoms with Crippen molar-refractivity contribution in [2.75, 3.05) is 5.32 Å². The number of rotatable bonds is 4. The maximum Gasteiger partial charge on any atom is 0.269 e. The first-order chi connectivity index (χ1) is 9.52. The number of nitrogens with one attached hydrogen (secondary N) is 1. The second kappa shape index (κ2) is 6.47. The van der Waals surface area contributed by atoms with Gasteiger partial charge in [-0.25, -0.2) is 4.98 Å². The summed E-state index contributed by atoms with van der Waals surface area (Å²) < 4.78 is 3.82. The lowest BCUT2D eigenvalue weighted by Gasteiger charge is -2.09. The molecule has 20 heavy (non-hydrogen) atoms. The van der Waals surface area contributed by atoms with Crippen LogP contribution in [-0.2, 0) is 6.42 Å². The minimum Gasteiger partial charge on any atom is -0.318 e. The van der Waals surface area contributed by atoms with Gasteiger partial charge in [-0.3, -0.25) is 4.79 Å². The van der Waals surface area contributed by atoms with E-state index in [2.05, 4.69) is 19.9 Å². The molecule has 0 radical (unpaired) electrons. The van der Waals surface area contributed by atoms with Crippen LogP contribution in [0.2, 0.25) is 10.3 Å². The zero-order chi connectivity index (χ0) is 14.7. The second-order valence-corrected chi connectivity index (χ2v) is 5.68. The predicted molar refractivity (Wildman–Crippen MR) is 80.9 cm³/mol. The summed E-state index contributed by atoms with van der Waals surface area (Å²) >= 11 is 12.9. The Bertz CT molecular complexity index is 621. The molecule has 8 heteroatoms. The molecule has 1 amide bonds. The van der Waals surface area contributed by atoms with E-state index in [1.165, 1.54) is 0 Å². The number of aryl methyl sites for hydroxylation is 2. The molecule has 0 spiro atoms. The third-order valence-corrected chi connectivity index (χ3v) is 3.86. The quantitative estimate of drug-likeness (QED) is 0.867. The Morgan fingerprint density at radius 3 is 2.85 bits per heavy atom. The Labute approximate surface area is 130 Å². The molecule has 2 aromatic heterocycles. The van der Waals surface area contributed by atoms with Gasteiger partial charge in [0.1, 0.15) is 10.0 Å². The molecule has 0 aliphatic carbocycles. The highest BCUT2D eigenvalue weighted by atomic mass is 35.5. The topological polar surface area (TPSA) is 67.8 Å². The normalized spacial score (nSPS) is 10.6. The van der Waals surface area contributed by atoms with Gasteiger partial charge in [0.2, 0.25) is 0 Å². The standard InChI is InChI=1S/C12H12Cl2N4OS/c1-3-4-7-10(20-18-17-7)12(19)16-9-6(2)5-8(13)15-11(9)14/h5H,3-4H2,1-2H3,(H,16,19). The van der Waals surface area contributed by atoms with Crippen LogP contribution in [0.4, 0.5) is 5.69 Å². The van der Waals surface area contributed by atoms with Crippen molar-refractivity contribution in [3.63, 3.8) is 0 Å². The Morgan fingerprint density at radius 1 is 1.45 bits per heavy atom. The summed E-state index contributed by atoms with van der Waals surface area (Å²) in [4.78, 5) is 16.7. The smallest absolute Gasteiger partial charge is 0.269 e. The average Bonchev–Trinajstić information content (AvgIpc) is 2.82. The highest BCUT2D eigenvalue weighted by molar-refractivity contribution is 7.08. The Balaban J connectivity index is 2.26. The van der Waals surface area contributed by atoms with E-state index < -0.39 is 0 Å². The van der Waals surface area contributed by atoms with E-state index in [0.717, 1.165) is 23.5 Å². The van der Waals surface area contributed by atoms with E-state index in [0.29, 0.717) is 22.7 Å². The molecule has 5 nitrogen and oxygen atoms in total. The highest BCUT2D eigenvalue weighted by Crippen LogP contribution is 2.27. The highest BCUT2D eigenvalue weighted by Gasteiger charge is 2.18. The Hall–Kier alpha value is -1.24. The number of hydrogen-bond acceptors (Lipinski definition) is 5. The van der Waals surface area contributed by atoms with Crippen LogP contribution in [0.15, 0.2) is 6.07 Å². The van der Waals surface area contributed by atoms with Gasteiger partial charge in [-0.15, -0.1) is 5.10 Å². The zero-order valence-electron chi connectivity index (χ0n) is 10.9. The number of anilines is 1. The average molecular weight is 331 g/mol. The molecular formula is C12H12Cl2N4OS. The van der Waals surface area contributed by atoms with E-state index >= 15 is 0 Å². The minimum atomic E-state index is -0.280. The van der Waals surface area contributed by atoms with Crippen molar-refractivity contribution < 1.29 is 4.79 Å². The monoisotopic (exact) mass is 330 g/mol. The maximum atomic E-state index is 12.3. The molecule has 0 unspecified atom stereocenters. The van der Waals surface area contributed by atoms with Crippen molar-refractivity contribution in [3.8, 4) is 0 Å². The van der Waals surface area contributed by atoms with Gasteiger partial charge in [0.15, 0.2) is 5.15 Å². The number of carbonyl (C=O) groups excluding carboxylic acids is 1. The molecule has 0 aliphatic rings. The molecule has 2 rings (SSSR count). The molecule has 0 saturated carbocycles. The van der Waals surface area contributed by atoms with Crippen molar-refractivity contribution in [1.29, 1.82) is 0 Å². The van der Waals surface area contributed by atoms with Gasteiger partial charge in [0.25, 0.3) is 5.91 Å². The summed E-state index contributed by atoms with van der Waals surface area (Å²) in [5.41, 5.74) is 1.90. The van der Waals surface area contributed by atoms with E-state index in [9.17, 15) is 4.79 Å². The van der Waals surface area contributed by atoms with Gasteiger partial charge in [0.05, 0.1) is 11.4 Å². The molecular weight excluding hydrogens is 319 g/mol. The maximum absolute atomic E-state index is 12.3. The minimum absolute atomic E-state index is 0.165. The molecule has 0 saturated heterocycles. The van der Waals surface area contributed by atoms with Crippen LogP contribution in [-0.4, -0.2) is 20.5 Å². The summed E-state index contributed by atoms with van der Waals surface area (Å²) in [7, 11) is 0. The molecule has 1 N–H and O–H groups in total. The van der Waals surface area contributed by atoms with Crippen LogP contribution in [0, 0.1) is 6.92 Å². The van der Waals surface area contributed by atoms with Crippen molar-refractivity contribution in [1.82, 2.24) is 14.6 Å². The van der Waals surface area contributed by atoms with Gasteiger partial charge in [-0.1, -0.05) is 41.0 Å². The van der Waals surface area contributed by atoms with E-state index in [-0.39, 0.29) is 16.2 Å². The fourth-order valence-electron chi connectivity index (χ4n) is 1.70. The summed E-state index contributed by atoms with van der Waals surface area (Å²) in [5.74, 6) is -0.280. The van der Waals surface area contributed by atoms with E-state index in [1.54, 1.807) is 13.0 Å². The molecule has 0 bridgehead atoms. The molecule has 0 aromatic carbocycles. The third-order valence-electron chi connectivity index (χ3n) is 2.63. The lowest BCUT2D eigenvalue weighted by molar-refractivity contribution is 0.102. The van der Waals surface area contributed by atoms with Gasteiger partial charge in [-0.2, -0.15) is 0 Å². The lowest BCUT2D eigenvalue weighted by Crippen LogP contribution is -2.14. The van der Waals surface area contributed by atoms with Gasteiger partial charge >= 0.3 is 0 Å². The number of hydrogen-bond donors (Lipinski definition) is 1. The number of carbonyl (C=O) groups is 1. The van der Waals surface area contributed by atoms with Crippen LogP contribution in [0.5, 0.6) is 0 Å². The predicted octanol–water partition coefficient (Wildman–Crippen LogP) is 3.75. The van der Waals surface area contributed by atoms with Gasteiger partial charge < -0.3 is 5.32 Å². The lowest BCUT2D eigenvalue weighted by atomic mass is 10.2. The Morgan fingerprint density at radius 2 is 2.20 bits per heavy atom. The van der Waals surface area contributed by atoms with Crippen molar-refractivity contribution in [2.24, 2.45) is 0 Å². The number of aromatic nitrogens is 3. The van der Waals surface area contributed by atoms with Crippen LogP contribution >= 0.6 is 34.7 Å². The molecule has 2 aromatic rings. The van der Waals surface area contributed by atoms with E-state index in [1.807, 2.05) is 6.92 Å². The first-order valence-corrected chi connectivity index (χ1v) is 7.51. The van der Waals surface area contributed by atoms with Crippen molar-refractivity contribution >= 4 is 46.3 Å². The first-order valence-electron chi connectivity index (χ1n) is 5.98. The zero-order valence-corrected chi connectivity index (χ0v) is 13.2. The van der Waals surface area contributed by atoms with Crippen LogP contribution in [0.3, 0.4) is 0 Å². The molecule has 0 atom stereocenters. The molecule has 0 fully saturated rings. The largest absolute Gasteiger partial charge is 0.318 e. The third kappa shape index (κ3) is 3.26. The summed E-state index contributed by atoms with van der Waals surface area (Å²) in [6.45, 7) is 3.82. The van der Waals surface area contributed by atoms with Crippen LogP contribution in [0.1, 0.15) is 34.3 Å². The van der Waals surface area contributed by atoms with E-state index in [4.69, 9.17) is 23.2 Å². The van der Waals surface area contributed by atoms with Crippen LogP contribution < -0.4 is 5.32 Å². The second-order valence-electron chi connectivity index (χ2n) is 4.18. The summed E-state index contributed by atoms with van der Waals surface area (Å²) in [5, 5.41) is 7.16. The van der Waals surface area contributed by atoms with Crippen LogP contribution in [0.25, 0.3) is 0 Å². The molecule has 106 valence electrons. The van der Waals surface area contributed by atoms with Gasteiger partial charge in [-0.05, 0) is 36.5 Å². The molecule has 0 aliphatic heterocycles. The number of pyridine rings is 1. The number of nitrogens with zero attached hydrogens (tertiary/aromatic N) is 3. The van der Waals surface area contributed by atoms with Gasteiger partial charge in [0, 0.05) is 0 Å². The number of amides is 1.